The van der Waals surface area contributed by atoms with Gasteiger partial charge in [-0.05, 0) is 32.4 Å². The summed E-state index contributed by atoms with van der Waals surface area (Å²) >= 11 is 5.84. The maximum absolute atomic E-state index is 12.5. The van der Waals surface area contributed by atoms with Gasteiger partial charge in [-0.1, -0.05) is 18.5 Å². The van der Waals surface area contributed by atoms with Crippen LogP contribution in [0.15, 0.2) is 12.3 Å². The quantitative estimate of drug-likeness (QED) is 0.871. The van der Waals surface area contributed by atoms with Crippen molar-refractivity contribution < 1.29 is 13.2 Å². The van der Waals surface area contributed by atoms with Crippen LogP contribution in [0.1, 0.15) is 32.3 Å². The molecule has 1 atom stereocenters. The molecule has 0 saturated carbocycles. The number of hydrogen-bond donors (Lipinski definition) is 2. The third-order valence-corrected chi connectivity index (χ3v) is 3.35. The zero-order valence-electron chi connectivity index (χ0n) is 10.8. The van der Waals surface area contributed by atoms with Gasteiger partial charge in [-0.15, -0.1) is 0 Å². The Kier molecular flexibility index (Phi) is 5.04. The number of pyridine rings is 1. The summed E-state index contributed by atoms with van der Waals surface area (Å²) in [5, 5.41) is 3.01. The first-order valence-electron chi connectivity index (χ1n) is 5.93. The number of alkyl halides is 3. The number of hydrogen-bond acceptors (Lipinski definition) is 3. The van der Waals surface area contributed by atoms with E-state index in [2.05, 4.69) is 10.3 Å². The Hall–Kier alpha value is -1.01. The summed E-state index contributed by atoms with van der Waals surface area (Å²) in [7, 11) is 0. The summed E-state index contributed by atoms with van der Waals surface area (Å²) in [6.07, 6.45) is -2.25. The Morgan fingerprint density at radius 3 is 2.47 bits per heavy atom. The first kappa shape index (κ1) is 16.0. The zero-order valence-corrected chi connectivity index (χ0v) is 11.6. The van der Waals surface area contributed by atoms with E-state index in [1.807, 2.05) is 13.8 Å². The lowest BCUT2D eigenvalue weighted by atomic mass is 9.94. The summed E-state index contributed by atoms with van der Waals surface area (Å²) in [6.45, 7) is 4.35. The van der Waals surface area contributed by atoms with E-state index in [1.165, 1.54) is 0 Å². The average molecular weight is 296 g/mol. The van der Waals surface area contributed by atoms with Crippen molar-refractivity contribution in [2.75, 3.05) is 11.9 Å². The first-order chi connectivity index (χ1) is 8.72. The molecule has 19 heavy (non-hydrogen) atoms. The highest BCUT2D eigenvalue weighted by atomic mass is 35.5. The Morgan fingerprint density at radius 1 is 1.42 bits per heavy atom. The van der Waals surface area contributed by atoms with E-state index < -0.39 is 11.7 Å². The Balaban J connectivity index is 2.97. The van der Waals surface area contributed by atoms with E-state index in [1.54, 1.807) is 0 Å². The second-order valence-electron chi connectivity index (χ2n) is 4.63. The predicted molar refractivity (Wildman–Crippen MR) is 70.2 cm³/mol. The molecule has 0 radical (unpaired) electrons. The molecule has 0 bridgehead atoms. The SMILES string of the molecule is CCC(C)(CCN)Nc1ncc(C(F)(F)F)cc1Cl. The van der Waals surface area contributed by atoms with E-state index in [0.717, 1.165) is 18.7 Å². The van der Waals surface area contributed by atoms with Crippen molar-refractivity contribution in [3.05, 3.63) is 22.8 Å². The van der Waals surface area contributed by atoms with Crippen molar-refractivity contribution in [2.45, 2.75) is 38.4 Å². The van der Waals surface area contributed by atoms with Crippen LogP contribution in [0.3, 0.4) is 0 Å². The van der Waals surface area contributed by atoms with E-state index in [0.29, 0.717) is 13.0 Å². The molecule has 108 valence electrons. The Morgan fingerprint density at radius 2 is 2.05 bits per heavy atom. The fourth-order valence-electron chi connectivity index (χ4n) is 1.62. The topological polar surface area (TPSA) is 50.9 Å². The molecule has 0 aliphatic carbocycles. The monoisotopic (exact) mass is 295 g/mol. The number of halogens is 4. The molecule has 0 amide bonds. The number of aromatic nitrogens is 1. The van der Waals surface area contributed by atoms with Crippen LogP contribution in [0.4, 0.5) is 19.0 Å². The van der Waals surface area contributed by atoms with E-state index in [9.17, 15) is 13.2 Å². The van der Waals surface area contributed by atoms with Gasteiger partial charge in [0, 0.05) is 11.7 Å². The second-order valence-corrected chi connectivity index (χ2v) is 5.04. The summed E-state index contributed by atoms with van der Waals surface area (Å²) in [6, 6.07) is 0.870. The summed E-state index contributed by atoms with van der Waals surface area (Å²) in [5.41, 5.74) is 4.32. The van der Waals surface area contributed by atoms with Gasteiger partial charge in [-0.2, -0.15) is 13.2 Å². The smallest absolute Gasteiger partial charge is 0.364 e. The largest absolute Gasteiger partial charge is 0.417 e. The Bertz CT molecular complexity index is 437. The lowest BCUT2D eigenvalue weighted by Gasteiger charge is -2.30. The van der Waals surface area contributed by atoms with Gasteiger partial charge >= 0.3 is 6.18 Å². The van der Waals surface area contributed by atoms with Crippen LogP contribution >= 0.6 is 11.6 Å². The standard InChI is InChI=1S/C12H17ClF3N3/c1-3-11(2,4-5-17)19-10-9(13)6-8(7-18-10)12(14,15)16/h6-7H,3-5,17H2,1-2H3,(H,18,19). The van der Waals surface area contributed by atoms with Crippen molar-refractivity contribution in [1.82, 2.24) is 4.98 Å². The maximum Gasteiger partial charge on any atom is 0.417 e. The summed E-state index contributed by atoms with van der Waals surface area (Å²) in [5.74, 6) is 0.243. The number of nitrogens with zero attached hydrogens (tertiary/aromatic N) is 1. The minimum absolute atomic E-state index is 0.0495. The fraction of sp³-hybridized carbons (Fsp3) is 0.583. The number of nitrogens with one attached hydrogen (secondary N) is 1. The summed E-state index contributed by atoms with van der Waals surface area (Å²) in [4.78, 5) is 3.76. The third-order valence-electron chi connectivity index (χ3n) is 3.07. The molecule has 3 N–H and O–H groups in total. The molecule has 1 rings (SSSR count). The zero-order chi connectivity index (χ0) is 14.7. The highest BCUT2D eigenvalue weighted by Gasteiger charge is 2.32. The van der Waals surface area contributed by atoms with Gasteiger partial charge in [0.1, 0.15) is 5.82 Å². The van der Waals surface area contributed by atoms with Crippen molar-refractivity contribution in [1.29, 1.82) is 0 Å². The highest BCUT2D eigenvalue weighted by molar-refractivity contribution is 6.33. The maximum atomic E-state index is 12.5. The molecule has 3 nitrogen and oxygen atoms in total. The summed E-state index contributed by atoms with van der Waals surface area (Å²) < 4.78 is 37.5. The predicted octanol–water partition coefficient (Wildman–Crippen LogP) is 3.68. The minimum Gasteiger partial charge on any atom is -0.364 e. The van der Waals surface area contributed by atoms with Crippen LogP contribution in [0, 0.1) is 0 Å². The molecule has 7 heteroatoms. The van der Waals surface area contributed by atoms with E-state index in [-0.39, 0.29) is 16.4 Å². The van der Waals surface area contributed by atoms with Crippen LogP contribution in [-0.4, -0.2) is 17.1 Å². The molecule has 1 aromatic rings. The van der Waals surface area contributed by atoms with E-state index >= 15 is 0 Å². The molecule has 1 unspecified atom stereocenters. The number of nitrogens with two attached hydrogens (primary N) is 1. The van der Waals surface area contributed by atoms with Crippen molar-refractivity contribution in [3.8, 4) is 0 Å². The Labute approximate surface area is 115 Å². The van der Waals surface area contributed by atoms with Gasteiger partial charge in [0.2, 0.25) is 0 Å². The van der Waals surface area contributed by atoms with Crippen LogP contribution in [0.2, 0.25) is 5.02 Å². The third kappa shape index (κ3) is 4.24. The lowest BCUT2D eigenvalue weighted by molar-refractivity contribution is -0.137. The van der Waals surface area contributed by atoms with Crippen LogP contribution in [-0.2, 0) is 6.18 Å². The van der Waals surface area contributed by atoms with Gasteiger partial charge in [0.15, 0.2) is 0 Å². The molecule has 1 heterocycles. The molecule has 0 saturated heterocycles. The molecular formula is C12H17ClF3N3. The van der Waals surface area contributed by atoms with Crippen LogP contribution in [0.5, 0.6) is 0 Å². The molecule has 0 aliphatic heterocycles. The molecule has 0 aliphatic rings. The molecular weight excluding hydrogens is 279 g/mol. The van der Waals surface area contributed by atoms with Crippen LogP contribution in [0.25, 0.3) is 0 Å². The minimum atomic E-state index is -4.44. The molecule has 0 fully saturated rings. The first-order valence-corrected chi connectivity index (χ1v) is 6.30. The van der Waals surface area contributed by atoms with Gasteiger partial charge in [-0.3, -0.25) is 0 Å². The normalized spacial score (nSPS) is 15.1. The van der Waals surface area contributed by atoms with E-state index in [4.69, 9.17) is 17.3 Å². The molecule has 0 spiro atoms. The number of anilines is 1. The van der Waals surface area contributed by atoms with Gasteiger partial charge in [0.05, 0.1) is 10.6 Å². The molecule has 0 aromatic carbocycles. The highest BCUT2D eigenvalue weighted by Crippen LogP contribution is 2.33. The fourth-order valence-corrected chi connectivity index (χ4v) is 1.83. The average Bonchev–Trinajstić information content (AvgIpc) is 2.31. The second kappa shape index (κ2) is 5.96. The van der Waals surface area contributed by atoms with Crippen molar-refractivity contribution in [2.24, 2.45) is 5.73 Å². The van der Waals surface area contributed by atoms with Gasteiger partial charge in [0.25, 0.3) is 0 Å². The number of rotatable bonds is 5. The van der Waals surface area contributed by atoms with Crippen molar-refractivity contribution in [3.63, 3.8) is 0 Å². The molecule has 1 aromatic heterocycles. The van der Waals surface area contributed by atoms with Gasteiger partial charge in [-0.25, -0.2) is 4.98 Å². The van der Waals surface area contributed by atoms with Crippen LogP contribution < -0.4 is 11.1 Å². The lowest BCUT2D eigenvalue weighted by Crippen LogP contribution is -2.36. The van der Waals surface area contributed by atoms with Gasteiger partial charge < -0.3 is 11.1 Å². The van der Waals surface area contributed by atoms with Crippen molar-refractivity contribution >= 4 is 17.4 Å².